The van der Waals surface area contributed by atoms with Crippen molar-refractivity contribution in [1.82, 2.24) is 34.3 Å². The molecule has 48 heavy (non-hydrogen) atoms. The number of hydrogen-bond acceptors (Lipinski definition) is 9. The van der Waals surface area contributed by atoms with E-state index in [1.54, 1.807) is 50.8 Å². The van der Waals surface area contributed by atoms with Crippen molar-refractivity contribution in [2.45, 2.75) is 65.6 Å². The highest BCUT2D eigenvalue weighted by Gasteiger charge is 2.41. The minimum Gasteiger partial charge on any atom is -0.444 e. The zero-order valence-electron chi connectivity index (χ0n) is 27.7. The minimum absolute atomic E-state index is 0.0180. The maximum Gasteiger partial charge on any atom is 0.410 e. The van der Waals surface area contributed by atoms with E-state index in [0.717, 1.165) is 0 Å². The van der Waals surface area contributed by atoms with Crippen molar-refractivity contribution in [1.29, 1.82) is 0 Å². The van der Waals surface area contributed by atoms with Gasteiger partial charge < -0.3 is 15.5 Å². The molecule has 1 atom stereocenters. The van der Waals surface area contributed by atoms with Crippen molar-refractivity contribution in [3.8, 4) is 11.3 Å². The Kier molecular flexibility index (Phi) is 8.05. The molecule has 1 amide bonds. The molecule has 0 aliphatic carbocycles. The van der Waals surface area contributed by atoms with E-state index in [2.05, 4.69) is 9.97 Å². The fraction of sp³-hybridized carbons (Fsp3) is 0.394. The lowest BCUT2D eigenvalue weighted by Crippen LogP contribution is -2.65. The molecule has 1 saturated heterocycles. The lowest BCUT2D eigenvalue weighted by molar-refractivity contribution is -0.00199. The zero-order chi connectivity index (χ0) is 34.9. The van der Waals surface area contributed by atoms with Crippen molar-refractivity contribution in [2.24, 2.45) is 0 Å². The zero-order valence-corrected chi connectivity index (χ0v) is 28.4. The number of benzene rings is 2. The van der Waals surface area contributed by atoms with Crippen LogP contribution in [-0.4, -0.2) is 71.2 Å². The van der Waals surface area contributed by atoms with Crippen LogP contribution in [0.1, 0.15) is 59.0 Å². The molecule has 1 unspecified atom stereocenters. The summed E-state index contributed by atoms with van der Waals surface area (Å²) < 4.78 is 38.7. The molecule has 15 heteroatoms. The molecule has 0 bridgehead atoms. The van der Waals surface area contributed by atoms with Gasteiger partial charge in [-0.05, 0) is 72.2 Å². The van der Waals surface area contributed by atoms with Crippen LogP contribution in [0.15, 0.2) is 41.5 Å². The molecular weight excluding hydrogens is 644 g/mol. The van der Waals surface area contributed by atoms with E-state index in [1.165, 1.54) is 34.7 Å². The molecule has 0 radical (unpaired) electrons. The standard InChI is InChI=1S/C33H36ClF2N9O3/c1-17-11-12-19(25(36)24(17)35)26-23-27(37)38-16-39-29(23)44(41-26)18(2)28-40-21-10-8-9-20(34)22(21)30(46)45(28)42-13-14-43(33(6,7)15-42)31(47)48-32(3,4)5/h8-12,16,18H,13-15H2,1-7H3,(H2,37,38,39). The first-order valence-electron chi connectivity index (χ1n) is 15.4. The van der Waals surface area contributed by atoms with Gasteiger partial charge in [0.05, 0.1) is 39.9 Å². The van der Waals surface area contributed by atoms with Crippen LogP contribution in [0.5, 0.6) is 0 Å². The van der Waals surface area contributed by atoms with Crippen molar-refractivity contribution < 1.29 is 18.3 Å². The number of anilines is 1. The van der Waals surface area contributed by atoms with Crippen LogP contribution in [0.25, 0.3) is 33.2 Å². The maximum atomic E-state index is 15.3. The van der Waals surface area contributed by atoms with Crippen molar-refractivity contribution in [3.05, 3.63) is 75.1 Å². The maximum absolute atomic E-state index is 15.3. The molecule has 6 rings (SSSR count). The van der Waals surface area contributed by atoms with Gasteiger partial charge in [-0.1, -0.05) is 23.7 Å². The van der Waals surface area contributed by atoms with E-state index in [4.69, 9.17) is 32.2 Å². The van der Waals surface area contributed by atoms with Crippen LogP contribution in [-0.2, 0) is 4.74 Å². The van der Waals surface area contributed by atoms with Crippen LogP contribution in [0.4, 0.5) is 19.4 Å². The third-order valence-electron chi connectivity index (χ3n) is 8.42. The molecule has 1 fully saturated rings. The monoisotopic (exact) mass is 679 g/mol. The number of fused-ring (bicyclic) bond motifs is 2. The van der Waals surface area contributed by atoms with Crippen LogP contribution in [0.2, 0.25) is 5.02 Å². The number of ether oxygens (including phenoxy) is 1. The van der Waals surface area contributed by atoms with E-state index in [0.29, 0.717) is 5.52 Å². The normalized spacial score (nSPS) is 15.7. The van der Waals surface area contributed by atoms with Gasteiger partial charge in [0, 0.05) is 12.1 Å². The topological polar surface area (TPSA) is 137 Å². The van der Waals surface area contributed by atoms with Gasteiger partial charge >= 0.3 is 6.09 Å². The number of hydrogen-bond donors (Lipinski definition) is 1. The highest BCUT2D eigenvalue weighted by atomic mass is 35.5. The number of halogens is 3. The number of nitrogens with zero attached hydrogens (tertiary/aromatic N) is 8. The number of aryl methyl sites for hydroxylation is 1. The molecule has 1 aliphatic heterocycles. The van der Waals surface area contributed by atoms with Crippen LogP contribution < -0.4 is 16.3 Å². The Hall–Kier alpha value is -4.85. The third-order valence-corrected chi connectivity index (χ3v) is 8.73. The predicted molar refractivity (Wildman–Crippen MR) is 180 cm³/mol. The first-order valence-corrected chi connectivity index (χ1v) is 15.8. The van der Waals surface area contributed by atoms with Gasteiger partial charge in [-0.3, -0.25) is 9.69 Å². The number of carbonyl (C=O) groups excluding carboxylic acids is 1. The van der Waals surface area contributed by atoms with Gasteiger partial charge in [-0.2, -0.15) is 5.10 Å². The van der Waals surface area contributed by atoms with Crippen LogP contribution in [0, 0.1) is 18.6 Å². The van der Waals surface area contributed by atoms with E-state index >= 15 is 4.39 Å². The summed E-state index contributed by atoms with van der Waals surface area (Å²) in [5, 5.41) is 7.18. The second-order valence-corrected chi connectivity index (χ2v) is 13.9. The third kappa shape index (κ3) is 5.57. The first kappa shape index (κ1) is 33.1. The Bertz CT molecular complexity index is 2160. The van der Waals surface area contributed by atoms with Gasteiger partial charge in [0.15, 0.2) is 23.1 Å². The van der Waals surface area contributed by atoms with Gasteiger partial charge in [-0.15, -0.1) is 0 Å². The van der Waals surface area contributed by atoms with Crippen LogP contribution >= 0.6 is 11.6 Å². The summed E-state index contributed by atoms with van der Waals surface area (Å²) in [6, 6.07) is 7.07. The van der Waals surface area contributed by atoms with Crippen molar-refractivity contribution >= 4 is 45.4 Å². The lowest BCUT2D eigenvalue weighted by Gasteiger charge is -2.48. The molecule has 3 aromatic heterocycles. The number of nitrogens with two attached hydrogens (primary N) is 1. The molecule has 1 aliphatic rings. The van der Waals surface area contributed by atoms with Gasteiger partial charge in [0.2, 0.25) is 0 Å². The lowest BCUT2D eigenvalue weighted by atomic mass is 10.0. The van der Waals surface area contributed by atoms with Gasteiger partial charge in [0.1, 0.15) is 29.5 Å². The van der Waals surface area contributed by atoms with Crippen LogP contribution in [0.3, 0.4) is 0 Å². The minimum atomic E-state index is -1.09. The molecule has 4 heterocycles. The number of amides is 1. The molecular formula is C33H36ClF2N9O3. The molecule has 12 nitrogen and oxygen atoms in total. The fourth-order valence-electron chi connectivity index (χ4n) is 6.09. The van der Waals surface area contributed by atoms with E-state index in [-0.39, 0.29) is 69.5 Å². The van der Waals surface area contributed by atoms with E-state index < -0.39 is 40.5 Å². The second-order valence-electron chi connectivity index (χ2n) is 13.5. The number of piperazine rings is 1. The Morgan fingerprint density at radius 2 is 1.81 bits per heavy atom. The average Bonchev–Trinajstić information content (AvgIpc) is 3.38. The highest BCUT2D eigenvalue weighted by Crippen LogP contribution is 2.36. The molecule has 0 spiro atoms. The summed E-state index contributed by atoms with van der Waals surface area (Å²) in [7, 11) is 0. The summed E-state index contributed by atoms with van der Waals surface area (Å²) in [6.07, 6.45) is 0.790. The summed E-state index contributed by atoms with van der Waals surface area (Å²) in [6.45, 7) is 13.2. The van der Waals surface area contributed by atoms with E-state index in [1.807, 2.05) is 18.9 Å². The number of aromatic nitrogens is 6. The molecule has 5 aromatic rings. The summed E-state index contributed by atoms with van der Waals surface area (Å²) in [5.41, 5.74) is 5.04. The van der Waals surface area contributed by atoms with Gasteiger partial charge in [0.25, 0.3) is 5.56 Å². The van der Waals surface area contributed by atoms with Crippen molar-refractivity contribution in [3.63, 3.8) is 0 Å². The molecule has 2 aromatic carbocycles. The molecule has 0 saturated carbocycles. The quantitative estimate of drug-likeness (QED) is 0.257. The highest BCUT2D eigenvalue weighted by molar-refractivity contribution is 6.35. The summed E-state index contributed by atoms with van der Waals surface area (Å²) in [4.78, 5) is 42.6. The molecule has 2 N–H and O–H groups in total. The Morgan fingerprint density at radius 3 is 2.50 bits per heavy atom. The Balaban J connectivity index is 1.53. The van der Waals surface area contributed by atoms with E-state index in [9.17, 15) is 14.0 Å². The second kappa shape index (κ2) is 11.7. The average molecular weight is 680 g/mol. The molecule has 252 valence electrons. The predicted octanol–water partition coefficient (Wildman–Crippen LogP) is 5.60. The number of carbonyl (C=O) groups is 1. The number of rotatable bonds is 4. The first-order chi connectivity index (χ1) is 22.5. The van der Waals surface area contributed by atoms with Crippen molar-refractivity contribution in [2.75, 3.05) is 30.4 Å². The largest absolute Gasteiger partial charge is 0.444 e. The smallest absolute Gasteiger partial charge is 0.410 e. The summed E-state index contributed by atoms with van der Waals surface area (Å²) >= 11 is 6.55. The van der Waals surface area contributed by atoms with Gasteiger partial charge in [-0.25, -0.2) is 37.9 Å². The number of nitrogen functional groups attached to an aromatic ring is 1. The summed E-state index contributed by atoms with van der Waals surface area (Å²) in [5.74, 6) is -1.81. The fourth-order valence-corrected chi connectivity index (χ4v) is 6.34. The SMILES string of the molecule is Cc1ccc(-c2nn(C(C)c3nc4cccc(Cl)c4c(=O)n3N3CCN(C(=O)OC(C)(C)C)C(C)(C)C3)c3ncnc(N)c23)c(F)c1F. The Morgan fingerprint density at radius 1 is 1.08 bits per heavy atom. The Labute approximate surface area is 280 Å².